The summed E-state index contributed by atoms with van der Waals surface area (Å²) < 4.78 is 27.4. The van der Waals surface area contributed by atoms with Crippen molar-refractivity contribution in [2.75, 3.05) is 26.9 Å². The number of carbonyl (C=O) groups is 3. The highest BCUT2D eigenvalue weighted by Crippen LogP contribution is 2.36. The van der Waals surface area contributed by atoms with Crippen LogP contribution in [0.15, 0.2) is 91.0 Å². The van der Waals surface area contributed by atoms with Crippen LogP contribution in [0.25, 0.3) is 17.2 Å². The lowest BCUT2D eigenvalue weighted by Gasteiger charge is -2.28. The van der Waals surface area contributed by atoms with Crippen LogP contribution in [-0.4, -0.2) is 44.8 Å². The van der Waals surface area contributed by atoms with Crippen LogP contribution >= 0.6 is 0 Å². The molecule has 0 radical (unpaired) electrons. The van der Waals surface area contributed by atoms with Gasteiger partial charge in [0.1, 0.15) is 30.5 Å². The van der Waals surface area contributed by atoms with E-state index < -0.39 is 23.3 Å². The number of hydrogen-bond acceptors (Lipinski definition) is 8. The second kappa shape index (κ2) is 15.3. The zero-order valence-electron chi connectivity index (χ0n) is 26.9. The van der Waals surface area contributed by atoms with E-state index in [-0.39, 0.29) is 13.2 Å². The Morgan fingerprint density at radius 1 is 0.783 bits per heavy atom. The molecule has 8 nitrogen and oxygen atoms in total. The number of hydrogen-bond donors (Lipinski definition) is 0. The van der Waals surface area contributed by atoms with Gasteiger partial charge in [-0.05, 0) is 103 Å². The van der Waals surface area contributed by atoms with Crippen molar-refractivity contribution < 1.29 is 38.1 Å². The average molecular weight is 625 g/mol. The van der Waals surface area contributed by atoms with Gasteiger partial charge in [0.15, 0.2) is 0 Å². The molecule has 1 aliphatic carbocycles. The van der Waals surface area contributed by atoms with Crippen LogP contribution in [0.4, 0.5) is 0 Å². The maximum Gasteiger partial charge on any atom is 0.336 e. The molecule has 0 aromatic heterocycles. The summed E-state index contributed by atoms with van der Waals surface area (Å²) in [6, 6.07) is 19.1. The molecular formula is C38H40O8. The molecule has 3 aromatic rings. The summed E-state index contributed by atoms with van der Waals surface area (Å²) >= 11 is 0. The zero-order valence-corrected chi connectivity index (χ0v) is 26.9. The number of fused-ring (bicyclic) bond motifs is 3. The van der Waals surface area contributed by atoms with E-state index in [2.05, 4.69) is 37.4 Å². The van der Waals surface area contributed by atoms with Crippen LogP contribution in [0, 0.1) is 5.41 Å². The lowest BCUT2D eigenvalue weighted by atomic mass is 9.84. The highest BCUT2D eigenvalue weighted by molar-refractivity contribution is 5.89. The van der Waals surface area contributed by atoms with Gasteiger partial charge < -0.3 is 23.7 Å². The Labute approximate surface area is 270 Å². The summed E-state index contributed by atoms with van der Waals surface area (Å²) in [7, 11) is 1.58. The van der Waals surface area contributed by atoms with Crippen LogP contribution in [0.2, 0.25) is 0 Å². The minimum Gasteiger partial charge on any atom is -0.497 e. The van der Waals surface area contributed by atoms with E-state index in [4.69, 9.17) is 23.7 Å². The molecule has 8 heteroatoms. The number of ether oxygens (including phenoxy) is 5. The molecule has 0 heterocycles. The fourth-order valence-corrected chi connectivity index (χ4v) is 4.87. The van der Waals surface area contributed by atoms with Crippen molar-refractivity contribution >= 4 is 24.0 Å². The van der Waals surface area contributed by atoms with Crippen LogP contribution < -0.4 is 14.2 Å². The van der Waals surface area contributed by atoms with E-state index in [0.29, 0.717) is 35.7 Å². The molecule has 240 valence electrons. The molecule has 0 saturated carbocycles. The van der Waals surface area contributed by atoms with Gasteiger partial charge in [-0.1, -0.05) is 44.3 Å². The van der Waals surface area contributed by atoms with Gasteiger partial charge >= 0.3 is 17.9 Å². The molecule has 4 rings (SSSR count). The Hall–Kier alpha value is -5.11. The standard InChI is InChI=1S/C38H40O8/c1-25(2)36(40)44-23-38(5,24-45-37(41)26(3)4)19-20-43-32-15-17-34-29(22-32)10-9-28-21-27(7-16-33(28)34)8-18-35(39)46-31-13-11-30(42-6)12-14-31/h7-8,11-18,21-22H,1,3,9-10,19-20,23-24H2,2,4-6H3/b18-8+. The first-order chi connectivity index (χ1) is 22.0. The minimum absolute atomic E-state index is 0.0491. The van der Waals surface area contributed by atoms with Gasteiger partial charge in [-0.15, -0.1) is 0 Å². The Balaban J connectivity index is 1.37. The highest BCUT2D eigenvalue weighted by atomic mass is 16.6. The topological polar surface area (TPSA) is 97.4 Å². The van der Waals surface area contributed by atoms with Crippen LogP contribution in [0.5, 0.6) is 17.2 Å². The van der Waals surface area contributed by atoms with Crippen LogP contribution in [-0.2, 0) is 36.7 Å². The summed E-state index contributed by atoms with van der Waals surface area (Å²) in [6.07, 6.45) is 5.35. The van der Waals surface area contributed by atoms with E-state index in [1.54, 1.807) is 51.3 Å². The van der Waals surface area contributed by atoms with Gasteiger partial charge in [-0.2, -0.15) is 0 Å². The predicted octanol–water partition coefficient (Wildman–Crippen LogP) is 7.09. The Morgan fingerprint density at radius 2 is 1.33 bits per heavy atom. The minimum atomic E-state index is -0.665. The first-order valence-corrected chi connectivity index (χ1v) is 15.0. The van der Waals surface area contributed by atoms with Crippen LogP contribution in [0.3, 0.4) is 0 Å². The zero-order chi connectivity index (χ0) is 33.3. The molecule has 1 aliphatic rings. The van der Waals surface area contributed by atoms with Crippen molar-refractivity contribution in [3.05, 3.63) is 108 Å². The van der Waals surface area contributed by atoms with Gasteiger partial charge in [0.05, 0.1) is 13.7 Å². The SMILES string of the molecule is C=C(C)C(=O)OCC(C)(CCOc1ccc2c(c1)CCc1cc(/C=C/C(=O)Oc3ccc(OC)cc3)ccc1-2)COC(=O)C(=C)C. The summed E-state index contributed by atoms with van der Waals surface area (Å²) in [5.74, 6) is 0.420. The number of aryl methyl sites for hydroxylation is 2. The van der Waals surface area contributed by atoms with Crippen molar-refractivity contribution in [3.8, 4) is 28.4 Å². The van der Waals surface area contributed by atoms with Crippen molar-refractivity contribution in [3.63, 3.8) is 0 Å². The maximum atomic E-state index is 12.3. The van der Waals surface area contributed by atoms with Crippen molar-refractivity contribution in [1.29, 1.82) is 0 Å². The Bertz CT molecular complexity index is 1620. The number of rotatable bonds is 14. The molecule has 0 unspecified atom stereocenters. The maximum absolute atomic E-state index is 12.3. The van der Waals surface area contributed by atoms with E-state index in [9.17, 15) is 14.4 Å². The molecule has 0 saturated heterocycles. The summed E-state index contributed by atoms with van der Waals surface area (Å²) in [4.78, 5) is 36.3. The molecular weight excluding hydrogens is 584 g/mol. The Morgan fingerprint density at radius 3 is 1.91 bits per heavy atom. The lowest BCUT2D eigenvalue weighted by molar-refractivity contribution is -0.149. The fraction of sp³-hybridized carbons (Fsp3) is 0.289. The molecule has 0 spiro atoms. The molecule has 0 N–H and O–H groups in total. The molecule has 0 fully saturated rings. The van der Waals surface area contributed by atoms with Crippen molar-refractivity contribution in [2.45, 2.75) is 40.0 Å². The van der Waals surface area contributed by atoms with Crippen LogP contribution in [0.1, 0.15) is 43.9 Å². The third kappa shape index (κ3) is 9.20. The first kappa shape index (κ1) is 33.8. The van der Waals surface area contributed by atoms with E-state index in [0.717, 1.165) is 35.3 Å². The highest BCUT2D eigenvalue weighted by Gasteiger charge is 2.29. The molecule has 0 aliphatic heterocycles. The van der Waals surface area contributed by atoms with Gasteiger partial charge in [-0.25, -0.2) is 14.4 Å². The number of benzene rings is 3. The molecule has 0 amide bonds. The van der Waals surface area contributed by atoms with Gasteiger partial charge in [0.25, 0.3) is 0 Å². The van der Waals surface area contributed by atoms with Gasteiger partial charge in [0.2, 0.25) is 0 Å². The number of esters is 3. The van der Waals surface area contributed by atoms with E-state index in [1.807, 2.05) is 19.1 Å². The van der Waals surface area contributed by atoms with Gasteiger partial charge in [-0.3, -0.25) is 0 Å². The number of carbonyl (C=O) groups excluding carboxylic acids is 3. The second-order valence-electron chi connectivity index (χ2n) is 11.8. The summed E-state index contributed by atoms with van der Waals surface area (Å²) in [5.41, 5.74) is 5.53. The van der Waals surface area contributed by atoms with Crippen molar-refractivity contribution in [2.24, 2.45) is 5.41 Å². The fourth-order valence-electron chi connectivity index (χ4n) is 4.87. The average Bonchev–Trinajstić information content (AvgIpc) is 3.05. The summed E-state index contributed by atoms with van der Waals surface area (Å²) in [6.45, 7) is 12.7. The second-order valence-corrected chi connectivity index (χ2v) is 11.8. The monoisotopic (exact) mass is 624 g/mol. The normalized spacial score (nSPS) is 12.0. The molecule has 3 aromatic carbocycles. The van der Waals surface area contributed by atoms with E-state index in [1.165, 1.54) is 17.2 Å². The quantitative estimate of drug-likeness (QED) is 0.107. The third-order valence-corrected chi connectivity index (χ3v) is 7.62. The molecule has 0 atom stereocenters. The number of methoxy groups -OCH3 is 1. The largest absolute Gasteiger partial charge is 0.497 e. The summed E-state index contributed by atoms with van der Waals surface area (Å²) in [5, 5.41) is 0. The lowest BCUT2D eigenvalue weighted by Crippen LogP contribution is -2.33. The first-order valence-electron chi connectivity index (χ1n) is 15.0. The van der Waals surface area contributed by atoms with E-state index >= 15 is 0 Å². The predicted molar refractivity (Wildman–Crippen MR) is 177 cm³/mol. The third-order valence-electron chi connectivity index (χ3n) is 7.62. The molecule has 46 heavy (non-hydrogen) atoms. The smallest absolute Gasteiger partial charge is 0.336 e. The molecule has 0 bridgehead atoms. The van der Waals surface area contributed by atoms with Crippen molar-refractivity contribution in [1.82, 2.24) is 0 Å². The van der Waals surface area contributed by atoms with Gasteiger partial charge in [0, 0.05) is 22.6 Å². The Kier molecular flexibility index (Phi) is 11.2.